The van der Waals surface area contributed by atoms with Crippen molar-refractivity contribution in [3.05, 3.63) is 42.0 Å². The molecule has 1 aliphatic rings. The molecule has 0 radical (unpaired) electrons. The predicted octanol–water partition coefficient (Wildman–Crippen LogP) is 1.17. The van der Waals surface area contributed by atoms with Gasteiger partial charge in [-0.2, -0.15) is 5.10 Å². The zero-order valence-electron chi connectivity index (χ0n) is 12.3. The number of nitrogens with one attached hydrogen (secondary N) is 1. The Morgan fingerprint density at radius 1 is 1.48 bits per heavy atom. The number of pyridine rings is 1. The van der Waals surface area contributed by atoms with Gasteiger partial charge in [-0.1, -0.05) is 0 Å². The highest BCUT2D eigenvalue weighted by Gasteiger charge is 2.25. The van der Waals surface area contributed by atoms with Crippen LogP contribution in [0.25, 0.3) is 0 Å². The van der Waals surface area contributed by atoms with Crippen LogP contribution < -0.4 is 10.2 Å². The average Bonchev–Trinajstić information content (AvgIpc) is 3.15. The summed E-state index contributed by atoms with van der Waals surface area (Å²) in [5.41, 5.74) is 2.79. The van der Waals surface area contributed by atoms with Crippen molar-refractivity contribution < 1.29 is 4.79 Å². The summed E-state index contributed by atoms with van der Waals surface area (Å²) in [7, 11) is 3.56. The molecule has 6 nitrogen and oxygen atoms in total. The van der Waals surface area contributed by atoms with E-state index < -0.39 is 0 Å². The number of amides is 1. The molecule has 6 heteroatoms. The minimum atomic E-state index is -0.153. The molecule has 0 saturated carbocycles. The maximum Gasteiger partial charge on any atom is 0.269 e. The molecule has 1 fully saturated rings. The number of carbonyl (C=O) groups is 1. The monoisotopic (exact) mass is 285 g/mol. The molecule has 1 N–H and O–H groups in total. The van der Waals surface area contributed by atoms with E-state index in [-0.39, 0.29) is 5.91 Å². The highest BCUT2D eigenvalue weighted by Crippen LogP contribution is 2.30. The zero-order valence-corrected chi connectivity index (χ0v) is 12.3. The molecule has 3 rings (SSSR count). The highest BCUT2D eigenvalue weighted by molar-refractivity contribution is 5.92. The lowest BCUT2D eigenvalue weighted by Gasteiger charge is -2.18. The summed E-state index contributed by atoms with van der Waals surface area (Å²) in [5, 5.41) is 6.85. The Hall–Kier alpha value is -2.37. The van der Waals surface area contributed by atoms with Crippen LogP contribution in [0.5, 0.6) is 0 Å². The number of anilines is 1. The number of aryl methyl sites for hydroxylation is 1. The molecular weight excluding hydrogens is 266 g/mol. The molecule has 0 spiro atoms. The molecule has 2 aromatic rings. The molecular formula is C15H19N5O. The summed E-state index contributed by atoms with van der Waals surface area (Å²) in [5.74, 6) is 0.343. The van der Waals surface area contributed by atoms with Crippen molar-refractivity contribution in [2.24, 2.45) is 7.05 Å². The van der Waals surface area contributed by atoms with Gasteiger partial charge in [0, 0.05) is 51.2 Å². The summed E-state index contributed by atoms with van der Waals surface area (Å²) in [6.07, 6.45) is 6.81. The van der Waals surface area contributed by atoms with Gasteiger partial charge in [0.25, 0.3) is 5.91 Å². The molecule has 0 bridgehead atoms. The molecule has 1 aliphatic heterocycles. The number of nitrogens with zero attached hydrogens (tertiary/aromatic N) is 4. The van der Waals surface area contributed by atoms with Gasteiger partial charge in [-0.15, -0.1) is 0 Å². The molecule has 3 heterocycles. The first-order valence-corrected chi connectivity index (χ1v) is 7.09. The number of carbonyl (C=O) groups excluding carboxylic acids is 1. The van der Waals surface area contributed by atoms with Crippen LogP contribution in [0, 0.1) is 0 Å². The molecule has 110 valence electrons. The van der Waals surface area contributed by atoms with Crippen molar-refractivity contribution in [1.29, 1.82) is 0 Å². The van der Waals surface area contributed by atoms with E-state index in [9.17, 15) is 4.79 Å². The second-order valence-electron chi connectivity index (χ2n) is 5.36. The van der Waals surface area contributed by atoms with Crippen LogP contribution in [-0.2, 0) is 7.05 Å². The minimum Gasteiger partial charge on any atom is -0.371 e. The summed E-state index contributed by atoms with van der Waals surface area (Å²) in [4.78, 5) is 18.1. The Morgan fingerprint density at radius 2 is 2.33 bits per heavy atom. The standard InChI is InChI=1S/C15H19N5O/c1-16-15(21)14-7-13(3-5-17-14)20-6-4-11(10-20)12-8-18-19(2)9-12/h3,5,7-9,11H,4,6,10H2,1-2H3,(H,16,21). The van der Waals surface area contributed by atoms with Crippen LogP contribution in [-0.4, -0.2) is 40.8 Å². The van der Waals surface area contributed by atoms with Crippen molar-refractivity contribution in [2.45, 2.75) is 12.3 Å². The highest BCUT2D eigenvalue weighted by atomic mass is 16.1. The van der Waals surface area contributed by atoms with Gasteiger partial charge in [0.05, 0.1) is 6.20 Å². The average molecular weight is 285 g/mol. The lowest BCUT2D eigenvalue weighted by Crippen LogP contribution is -2.22. The maximum absolute atomic E-state index is 11.7. The third-order valence-electron chi connectivity index (χ3n) is 3.95. The summed E-state index contributed by atoms with van der Waals surface area (Å²) >= 11 is 0. The fourth-order valence-electron chi connectivity index (χ4n) is 2.79. The second-order valence-corrected chi connectivity index (χ2v) is 5.36. The molecule has 0 aromatic carbocycles. The maximum atomic E-state index is 11.7. The Kier molecular flexibility index (Phi) is 3.60. The Balaban J connectivity index is 1.75. The topological polar surface area (TPSA) is 63.1 Å². The predicted molar refractivity (Wildman–Crippen MR) is 80.4 cm³/mol. The molecule has 1 saturated heterocycles. The van der Waals surface area contributed by atoms with E-state index in [1.165, 1.54) is 5.56 Å². The Labute approximate surface area is 123 Å². The largest absolute Gasteiger partial charge is 0.371 e. The fourth-order valence-corrected chi connectivity index (χ4v) is 2.79. The first kappa shape index (κ1) is 13.6. The molecule has 21 heavy (non-hydrogen) atoms. The number of hydrogen-bond donors (Lipinski definition) is 1. The van der Waals surface area contributed by atoms with Crippen LogP contribution >= 0.6 is 0 Å². The Morgan fingerprint density at radius 3 is 3.05 bits per heavy atom. The van der Waals surface area contributed by atoms with E-state index in [0.29, 0.717) is 11.6 Å². The number of hydrogen-bond acceptors (Lipinski definition) is 4. The lowest BCUT2D eigenvalue weighted by molar-refractivity contribution is 0.0958. The first-order chi connectivity index (χ1) is 10.2. The van der Waals surface area contributed by atoms with Gasteiger partial charge in [-0.05, 0) is 24.1 Å². The summed E-state index contributed by atoms with van der Waals surface area (Å²) < 4.78 is 1.84. The van der Waals surface area contributed by atoms with Gasteiger partial charge in [-0.25, -0.2) is 0 Å². The van der Waals surface area contributed by atoms with Gasteiger partial charge in [0.2, 0.25) is 0 Å². The van der Waals surface area contributed by atoms with Gasteiger partial charge < -0.3 is 10.2 Å². The first-order valence-electron chi connectivity index (χ1n) is 7.09. The SMILES string of the molecule is CNC(=O)c1cc(N2CCC(c3cnn(C)c3)C2)ccn1. The molecule has 0 aliphatic carbocycles. The van der Waals surface area contributed by atoms with Crippen LogP contribution in [0.15, 0.2) is 30.7 Å². The van der Waals surface area contributed by atoms with Crippen LogP contribution in [0.2, 0.25) is 0 Å². The van der Waals surface area contributed by atoms with Gasteiger partial charge in [-0.3, -0.25) is 14.5 Å². The van der Waals surface area contributed by atoms with E-state index in [1.54, 1.807) is 13.2 Å². The third-order valence-corrected chi connectivity index (χ3v) is 3.95. The second kappa shape index (κ2) is 5.55. The van der Waals surface area contributed by atoms with E-state index in [2.05, 4.69) is 26.5 Å². The quantitative estimate of drug-likeness (QED) is 0.919. The normalized spacial score (nSPS) is 18.0. The van der Waals surface area contributed by atoms with Crippen LogP contribution in [0.3, 0.4) is 0 Å². The van der Waals surface area contributed by atoms with Crippen molar-refractivity contribution >= 4 is 11.6 Å². The van der Waals surface area contributed by atoms with Crippen LogP contribution in [0.4, 0.5) is 5.69 Å². The Bertz CT molecular complexity index is 651. The minimum absolute atomic E-state index is 0.153. The molecule has 1 unspecified atom stereocenters. The lowest BCUT2D eigenvalue weighted by atomic mass is 10.0. The van der Waals surface area contributed by atoms with Crippen molar-refractivity contribution in [2.75, 3.05) is 25.0 Å². The summed E-state index contributed by atoms with van der Waals surface area (Å²) in [6.45, 7) is 1.93. The van der Waals surface area contributed by atoms with Gasteiger partial charge in [0.15, 0.2) is 0 Å². The number of rotatable bonds is 3. The van der Waals surface area contributed by atoms with Crippen molar-refractivity contribution in [3.63, 3.8) is 0 Å². The third kappa shape index (κ3) is 2.74. The van der Waals surface area contributed by atoms with E-state index in [1.807, 2.05) is 30.1 Å². The van der Waals surface area contributed by atoms with E-state index >= 15 is 0 Å². The zero-order chi connectivity index (χ0) is 14.8. The summed E-state index contributed by atoms with van der Waals surface area (Å²) in [6, 6.07) is 3.81. The molecule has 1 amide bonds. The molecule has 1 atom stereocenters. The van der Waals surface area contributed by atoms with E-state index in [0.717, 1.165) is 25.2 Å². The van der Waals surface area contributed by atoms with Crippen LogP contribution in [0.1, 0.15) is 28.4 Å². The van der Waals surface area contributed by atoms with Gasteiger partial charge >= 0.3 is 0 Å². The van der Waals surface area contributed by atoms with Crippen molar-refractivity contribution in [1.82, 2.24) is 20.1 Å². The van der Waals surface area contributed by atoms with Crippen molar-refractivity contribution in [3.8, 4) is 0 Å². The molecule has 2 aromatic heterocycles. The fraction of sp³-hybridized carbons (Fsp3) is 0.400. The van der Waals surface area contributed by atoms with Gasteiger partial charge in [0.1, 0.15) is 5.69 Å². The van der Waals surface area contributed by atoms with E-state index in [4.69, 9.17) is 0 Å². The number of aromatic nitrogens is 3. The smallest absolute Gasteiger partial charge is 0.269 e.